The average Bonchev–Trinajstić information content (AvgIpc) is 3.45. The van der Waals surface area contributed by atoms with E-state index in [-0.39, 0.29) is 0 Å². The molecule has 0 N–H and O–H groups in total. The Morgan fingerprint density at radius 3 is 1.50 bits per heavy atom. The number of rotatable bonds is 8. The second kappa shape index (κ2) is 13.5. The van der Waals surface area contributed by atoms with Crippen LogP contribution in [0.4, 0.5) is 17.1 Å². The Bertz CT molecular complexity index is 2180. The smallest absolute Gasteiger partial charge is 0.0713 e. The lowest BCUT2D eigenvalue weighted by atomic mass is 9.67. The van der Waals surface area contributed by atoms with E-state index in [4.69, 9.17) is 0 Å². The van der Waals surface area contributed by atoms with Gasteiger partial charge < -0.3 is 4.90 Å². The van der Waals surface area contributed by atoms with Gasteiger partial charge in [0.15, 0.2) is 0 Å². The highest BCUT2D eigenvalue weighted by atomic mass is 79.9. The number of nitrogens with zero attached hydrogens (tertiary/aromatic N) is 1. The van der Waals surface area contributed by atoms with Crippen molar-refractivity contribution in [1.82, 2.24) is 0 Å². The molecule has 0 bridgehead atoms. The number of halogens is 2. The van der Waals surface area contributed by atoms with E-state index in [1.807, 2.05) is 0 Å². The molecule has 1 nitrogen and oxygen atoms in total. The Labute approximate surface area is 312 Å². The number of anilines is 3. The quantitative estimate of drug-likeness (QED) is 0.149. The molecule has 0 aliphatic heterocycles. The van der Waals surface area contributed by atoms with Crippen LogP contribution in [0.2, 0.25) is 0 Å². The molecule has 0 saturated heterocycles. The fourth-order valence-electron chi connectivity index (χ4n) is 7.75. The number of fused-ring (bicyclic) bond motifs is 3. The fraction of sp³-hybridized carbons (Fsp3) is 0.106. The normalized spacial score (nSPS) is 12.8. The molecule has 0 saturated carbocycles. The van der Waals surface area contributed by atoms with E-state index >= 15 is 0 Å². The van der Waals surface area contributed by atoms with E-state index in [1.54, 1.807) is 0 Å². The van der Waals surface area contributed by atoms with E-state index in [2.05, 4.69) is 220 Å². The zero-order chi connectivity index (χ0) is 34.2. The standard InChI is InChI=1S/C47H37Br2N/c1-32(2)30-33-14-18-36(19-15-33)47(45-12-5-3-10-43(45)44-11-4-6-13-46(44)47)37-9-7-8-35(31-37)34-16-24-40(25-17-34)50(41-26-20-38(48)21-27-41)42-28-22-39(49)23-29-42/h3-29,31-32H,30H2,1-2H3. The number of hydrogen-bond donors (Lipinski definition) is 0. The lowest BCUT2D eigenvalue weighted by Crippen LogP contribution is -2.28. The maximum atomic E-state index is 3.61. The second-order valence-electron chi connectivity index (χ2n) is 13.6. The van der Waals surface area contributed by atoms with Crippen LogP contribution in [0.25, 0.3) is 22.3 Å². The first-order valence-electron chi connectivity index (χ1n) is 17.2. The Morgan fingerprint density at radius 2 is 0.980 bits per heavy atom. The molecular formula is C47H37Br2N. The molecule has 244 valence electrons. The summed E-state index contributed by atoms with van der Waals surface area (Å²) in [5, 5.41) is 0. The third-order valence-electron chi connectivity index (χ3n) is 9.91. The van der Waals surface area contributed by atoms with Crippen molar-refractivity contribution in [2.75, 3.05) is 4.90 Å². The minimum atomic E-state index is -0.431. The van der Waals surface area contributed by atoms with Crippen molar-refractivity contribution < 1.29 is 0 Å². The van der Waals surface area contributed by atoms with Crippen molar-refractivity contribution in [3.8, 4) is 22.3 Å². The van der Waals surface area contributed by atoms with Gasteiger partial charge in [0.1, 0.15) is 0 Å². The monoisotopic (exact) mass is 773 g/mol. The molecular weight excluding hydrogens is 738 g/mol. The van der Waals surface area contributed by atoms with Crippen LogP contribution >= 0.6 is 31.9 Å². The summed E-state index contributed by atoms with van der Waals surface area (Å²) in [4.78, 5) is 2.30. The summed E-state index contributed by atoms with van der Waals surface area (Å²) in [7, 11) is 0. The van der Waals surface area contributed by atoms with Gasteiger partial charge in [0.25, 0.3) is 0 Å². The number of benzene rings is 7. The molecule has 0 atom stereocenters. The highest BCUT2D eigenvalue weighted by Gasteiger charge is 2.45. The third-order valence-corrected chi connectivity index (χ3v) is 11.0. The van der Waals surface area contributed by atoms with Gasteiger partial charge in [-0.25, -0.2) is 0 Å². The second-order valence-corrected chi connectivity index (χ2v) is 15.4. The highest BCUT2D eigenvalue weighted by molar-refractivity contribution is 9.10. The molecule has 7 aromatic carbocycles. The van der Waals surface area contributed by atoms with Crippen molar-refractivity contribution in [1.29, 1.82) is 0 Å². The maximum Gasteiger partial charge on any atom is 0.0713 e. The van der Waals surface area contributed by atoms with Crippen molar-refractivity contribution in [3.05, 3.63) is 207 Å². The van der Waals surface area contributed by atoms with Gasteiger partial charge in [0, 0.05) is 26.0 Å². The first-order chi connectivity index (χ1) is 24.4. The number of hydrogen-bond acceptors (Lipinski definition) is 1. The third kappa shape index (κ3) is 5.83. The van der Waals surface area contributed by atoms with Gasteiger partial charge in [-0.1, -0.05) is 149 Å². The molecule has 0 radical (unpaired) electrons. The van der Waals surface area contributed by atoms with Crippen LogP contribution in [0.5, 0.6) is 0 Å². The molecule has 7 aromatic rings. The summed E-state index contributed by atoms with van der Waals surface area (Å²) in [6, 6.07) is 62.5. The fourth-order valence-corrected chi connectivity index (χ4v) is 8.28. The summed E-state index contributed by atoms with van der Waals surface area (Å²) in [6.07, 6.45) is 1.08. The minimum absolute atomic E-state index is 0.431. The molecule has 1 aliphatic carbocycles. The SMILES string of the molecule is CC(C)Cc1ccc(C2(c3cccc(-c4ccc(N(c5ccc(Br)cc5)c5ccc(Br)cc5)cc4)c3)c3ccccc3-c3ccccc32)cc1. The van der Waals surface area contributed by atoms with Gasteiger partial charge in [0.2, 0.25) is 0 Å². The van der Waals surface area contributed by atoms with Gasteiger partial charge in [-0.15, -0.1) is 0 Å². The maximum absolute atomic E-state index is 3.61. The van der Waals surface area contributed by atoms with E-state index in [9.17, 15) is 0 Å². The molecule has 0 unspecified atom stereocenters. The summed E-state index contributed by atoms with van der Waals surface area (Å²) >= 11 is 7.21. The lowest BCUT2D eigenvalue weighted by molar-refractivity contribution is 0.646. The van der Waals surface area contributed by atoms with Gasteiger partial charge >= 0.3 is 0 Å². The average molecular weight is 776 g/mol. The highest BCUT2D eigenvalue weighted by Crippen LogP contribution is 2.56. The zero-order valence-electron chi connectivity index (χ0n) is 28.2. The van der Waals surface area contributed by atoms with Crippen LogP contribution in [0.1, 0.15) is 41.7 Å². The van der Waals surface area contributed by atoms with Crippen LogP contribution in [0.15, 0.2) is 179 Å². The van der Waals surface area contributed by atoms with Gasteiger partial charge in [-0.2, -0.15) is 0 Å². The van der Waals surface area contributed by atoms with Crippen molar-refractivity contribution in [2.45, 2.75) is 25.7 Å². The van der Waals surface area contributed by atoms with Gasteiger partial charge in [0.05, 0.1) is 5.41 Å². The molecule has 8 rings (SSSR count). The summed E-state index contributed by atoms with van der Waals surface area (Å²) < 4.78 is 2.12. The predicted molar refractivity (Wildman–Crippen MR) is 218 cm³/mol. The first kappa shape index (κ1) is 32.5. The van der Waals surface area contributed by atoms with Crippen molar-refractivity contribution >= 4 is 48.9 Å². The minimum Gasteiger partial charge on any atom is -0.311 e. The molecule has 0 spiro atoms. The Balaban J connectivity index is 1.25. The Kier molecular flexibility index (Phi) is 8.81. The molecule has 1 aliphatic rings. The Hall–Kier alpha value is -4.70. The van der Waals surface area contributed by atoms with Gasteiger partial charge in [-0.3, -0.25) is 0 Å². The van der Waals surface area contributed by atoms with Crippen LogP contribution in [-0.4, -0.2) is 0 Å². The van der Waals surface area contributed by atoms with E-state index in [1.165, 1.54) is 50.1 Å². The van der Waals surface area contributed by atoms with Crippen molar-refractivity contribution in [3.63, 3.8) is 0 Å². The Morgan fingerprint density at radius 1 is 0.480 bits per heavy atom. The zero-order valence-corrected chi connectivity index (χ0v) is 31.3. The summed E-state index contributed by atoms with van der Waals surface area (Å²) in [6.45, 7) is 4.58. The predicted octanol–water partition coefficient (Wildman–Crippen LogP) is 13.9. The molecule has 0 fully saturated rings. The topological polar surface area (TPSA) is 3.24 Å². The van der Waals surface area contributed by atoms with Crippen LogP contribution in [0.3, 0.4) is 0 Å². The van der Waals surface area contributed by atoms with E-state index in [0.29, 0.717) is 5.92 Å². The van der Waals surface area contributed by atoms with Crippen LogP contribution < -0.4 is 4.90 Å². The van der Waals surface area contributed by atoms with Crippen LogP contribution in [0, 0.1) is 5.92 Å². The van der Waals surface area contributed by atoms with Gasteiger partial charge in [-0.05, 0) is 129 Å². The molecule has 0 aromatic heterocycles. The van der Waals surface area contributed by atoms with Crippen molar-refractivity contribution in [2.24, 2.45) is 5.92 Å². The van der Waals surface area contributed by atoms with Crippen LogP contribution in [-0.2, 0) is 11.8 Å². The van der Waals surface area contributed by atoms with E-state index in [0.717, 1.165) is 32.4 Å². The largest absolute Gasteiger partial charge is 0.311 e. The summed E-state index contributed by atoms with van der Waals surface area (Å²) in [5.74, 6) is 0.614. The first-order valence-corrected chi connectivity index (χ1v) is 18.8. The lowest BCUT2D eigenvalue weighted by Gasteiger charge is -2.34. The molecule has 50 heavy (non-hydrogen) atoms. The van der Waals surface area contributed by atoms with E-state index < -0.39 is 5.41 Å². The molecule has 3 heteroatoms. The molecule has 0 heterocycles. The summed E-state index contributed by atoms with van der Waals surface area (Å²) in [5.41, 5.74) is 14.5. The molecule has 0 amide bonds.